The highest BCUT2D eigenvalue weighted by Crippen LogP contribution is 2.32. The summed E-state index contributed by atoms with van der Waals surface area (Å²) in [4.78, 5) is 8.92. The first-order valence-electron chi connectivity index (χ1n) is 8.32. The first-order chi connectivity index (χ1) is 9.96. The SMILES string of the molecule is CCCCCCC(CCC(C)(C)C)c1cnc(SC)nc1. The van der Waals surface area contributed by atoms with Gasteiger partial charge in [-0.1, -0.05) is 65.1 Å². The van der Waals surface area contributed by atoms with Crippen LogP contribution in [0.25, 0.3) is 0 Å². The molecule has 0 amide bonds. The molecule has 1 aromatic heterocycles. The van der Waals surface area contributed by atoms with E-state index in [2.05, 4.69) is 37.7 Å². The predicted octanol–water partition coefficient (Wildman–Crippen LogP) is 6.08. The Morgan fingerprint density at radius 3 is 2.24 bits per heavy atom. The quantitative estimate of drug-likeness (QED) is 0.314. The van der Waals surface area contributed by atoms with E-state index in [0.717, 1.165) is 5.16 Å². The molecule has 0 bridgehead atoms. The van der Waals surface area contributed by atoms with Crippen molar-refractivity contribution in [3.8, 4) is 0 Å². The molecule has 0 radical (unpaired) electrons. The van der Waals surface area contributed by atoms with Gasteiger partial charge in [-0.3, -0.25) is 0 Å². The molecule has 0 saturated heterocycles. The van der Waals surface area contributed by atoms with Gasteiger partial charge in [0.1, 0.15) is 0 Å². The van der Waals surface area contributed by atoms with Gasteiger partial charge in [-0.2, -0.15) is 0 Å². The molecular formula is C18H32N2S. The van der Waals surface area contributed by atoms with Crippen LogP contribution in [0.4, 0.5) is 0 Å². The monoisotopic (exact) mass is 308 g/mol. The zero-order chi connectivity index (χ0) is 15.7. The van der Waals surface area contributed by atoms with Crippen LogP contribution in [0.1, 0.15) is 84.1 Å². The number of hydrogen-bond donors (Lipinski definition) is 0. The normalized spacial score (nSPS) is 13.4. The van der Waals surface area contributed by atoms with Crippen LogP contribution < -0.4 is 0 Å². The molecular weight excluding hydrogens is 276 g/mol. The van der Waals surface area contributed by atoms with Crippen LogP contribution in [-0.4, -0.2) is 16.2 Å². The standard InChI is InChI=1S/C18H32N2S/c1-6-7-8-9-10-15(11-12-18(2,3)4)16-13-19-17(21-5)20-14-16/h13-15H,6-12H2,1-5H3. The second-order valence-corrected chi connectivity index (χ2v) is 7.92. The lowest BCUT2D eigenvalue weighted by Gasteiger charge is -2.23. The molecule has 0 N–H and O–H groups in total. The summed E-state index contributed by atoms with van der Waals surface area (Å²) in [5, 5.41) is 0.874. The first kappa shape index (κ1) is 18.5. The highest BCUT2D eigenvalue weighted by atomic mass is 32.2. The lowest BCUT2D eigenvalue weighted by atomic mass is 9.83. The Kier molecular flexibility index (Phi) is 8.31. The van der Waals surface area contributed by atoms with Crippen LogP contribution in [0.3, 0.4) is 0 Å². The van der Waals surface area contributed by atoms with Crippen molar-refractivity contribution in [1.82, 2.24) is 9.97 Å². The molecule has 21 heavy (non-hydrogen) atoms. The van der Waals surface area contributed by atoms with Crippen molar-refractivity contribution in [3.05, 3.63) is 18.0 Å². The van der Waals surface area contributed by atoms with E-state index in [-0.39, 0.29) is 0 Å². The van der Waals surface area contributed by atoms with Crippen molar-refractivity contribution in [3.63, 3.8) is 0 Å². The van der Waals surface area contributed by atoms with Gasteiger partial charge < -0.3 is 0 Å². The summed E-state index contributed by atoms with van der Waals surface area (Å²) in [6.07, 6.45) is 15.2. The Balaban J connectivity index is 2.64. The van der Waals surface area contributed by atoms with Gasteiger partial charge >= 0.3 is 0 Å². The summed E-state index contributed by atoms with van der Waals surface area (Å²) in [5.41, 5.74) is 1.73. The molecule has 3 heteroatoms. The van der Waals surface area contributed by atoms with Gasteiger partial charge in [0.2, 0.25) is 0 Å². The number of rotatable bonds is 9. The van der Waals surface area contributed by atoms with Crippen molar-refractivity contribution in [2.75, 3.05) is 6.26 Å². The van der Waals surface area contributed by atoms with E-state index in [0.29, 0.717) is 11.3 Å². The average molecular weight is 309 g/mol. The summed E-state index contributed by atoms with van der Waals surface area (Å²) in [7, 11) is 0. The average Bonchev–Trinajstić information content (AvgIpc) is 2.46. The largest absolute Gasteiger partial charge is 0.231 e. The second kappa shape index (κ2) is 9.45. The molecule has 0 aliphatic rings. The highest BCUT2D eigenvalue weighted by Gasteiger charge is 2.17. The number of nitrogens with zero attached hydrogens (tertiary/aromatic N) is 2. The fourth-order valence-electron chi connectivity index (χ4n) is 2.54. The van der Waals surface area contributed by atoms with Gasteiger partial charge in [0, 0.05) is 12.4 Å². The zero-order valence-corrected chi connectivity index (χ0v) is 15.3. The van der Waals surface area contributed by atoms with Crippen LogP contribution >= 0.6 is 11.8 Å². The Labute approximate surface area is 135 Å². The van der Waals surface area contributed by atoms with Gasteiger partial charge in [0.25, 0.3) is 0 Å². The van der Waals surface area contributed by atoms with Crippen LogP contribution in [0.15, 0.2) is 17.6 Å². The highest BCUT2D eigenvalue weighted by molar-refractivity contribution is 7.98. The molecule has 1 rings (SSSR count). The van der Waals surface area contributed by atoms with Crippen molar-refractivity contribution in [2.45, 2.75) is 83.7 Å². The van der Waals surface area contributed by atoms with E-state index in [1.165, 1.54) is 50.5 Å². The van der Waals surface area contributed by atoms with Crippen molar-refractivity contribution >= 4 is 11.8 Å². The summed E-state index contributed by atoms with van der Waals surface area (Å²) in [6, 6.07) is 0. The third-order valence-corrected chi connectivity index (χ3v) is 4.53. The summed E-state index contributed by atoms with van der Waals surface area (Å²) in [5.74, 6) is 0.622. The van der Waals surface area contributed by atoms with Gasteiger partial charge in [-0.15, -0.1) is 0 Å². The van der Waals surface area contributed by atoms with E-state index >= 15 is 0 Å². The van der Waals surface area contributed by atoms with Gasteiger partial charge in [0.15, 0.2) is 5.16 Å². The maximum Gasteiger partial charge on any atom is 0.187 e. The fraction of sp³-hybridized carbons (Fsp3) is 0.778. The van der Waals surface area contributed by atoms with Gasteiger partial charge in [-0.05, 0) is 42.4 Å². The number of thioether (sulfide) groups is 1. The van der Waals surface area contributed by atoms with E-state index in [1.54, 1.807) is 11.8 Å². The lowest BCUT2D eigenvalue weighted by molar-refractivity contribution is 0.340. The summed E-state index contributed by atoms with van der Waals surface area (Å²) in [6.45, 7) is 9.25. The Bertz CT molecular complexity index is 381. The molecule has 120 valence electrons. The third-order valence-electron chi connectivity index (χ3n) is 3.95. The lowest BCUT2D eigenvalue weighted by Crippen LogP contribution is -2.09. The maximum absolute atomic E-state index is 4.46. The molecule has 0 fully saturated rings. The Morgan fingerprint density at radius 1 is 1.05 bits per heavy atom. The Hall–Kier alpha value is -0.570. The van der Waals surface area contributed by atoms with Crippen LogP contribution in [0.5, 0.6) is 0 Å². The Morgan fingerprint density at radius 2 is 1.71 bits per heavy atom. The number of aromatic nitrogens is 2. The first-order valence-corrected chi connectivity index (χ1v) is 9.54. The predicted molar refractivity (Wildman–Crippen MR) is 94.0 cm³/mol. The topological polar surface area (TPSA) is 25.8 Å². The van der Waals surface area contributed by atoms with Crippen molar-refractivity contribution in [2.24, 2.45) is 5.41 Å². The fourth-order valence-corrected chi connectivity index (χ4v) is 2.86. The molecule has 1 unspecified atom stereocenters. The molecule has 1 atom stereocenters. The van der Waals surface area contributed by atoms with Crippen LogP contribution in [-0.2, 0) is 0 Å². The molecule has 1 aromatic rings. The zero-order valence-electron chi connectivity index (χ0n) is 14.5. The molecule has 1 heterocycles. The molecule has 0 aromatic carbocycles. The molecule has 0 aliphatic carbocycles. The minimum absolute atomic E-state index is 0.405. The third kappa shape index (κ3) is 7.85. The van der Waals surface area contributed by atoms with E-state index in [1.807, 2.05) is 18.6 Å². The van der Waals surface area contributed by atoms with Crippen molar-refractivity contribution < 1.29 is 0 Å². The minimum Gasteiger partial charge on any atom is -0.231 e. The van der Waals surface area contributed by atoms with Crippen LogP contribution in [0.2, 0.25) is 0 Å². The summed E-state index contributed by atoms with van der Waals surface area (Å²) < 4.78 is 0. The number of unbranched alkanes of at least 4 members (excludes halogenated alkanes) is 3. The van der Waals surface area contributed by atoms with E-state index < -0.39 is 0 Å². The van der Waals surface area contributed by atoms with Gasteiger partial charge in [-0.25, -0.2) is 9.97 Å². The number of hydrogen-bond acceptors (Lipinski definition) is 3. The second-order valence-electron chi connectivity index (χ2n) is 7.15. The summed E-state index contributed by atoms with van der Waals surface area (Å²) >= 11 is 1.61. The van der Waals surface area contributed by atoms with Crippen molar-refractivity contribution in [1.29, 1.82) is 0 Å². The van der Waals surface area contributed by atoms with Crippen LogP contribution in [0, 0.1) is 5.41 Å². The molecule has 0 spiro atoms. The van der Waals surface area contributed by atoms with E-state index in [9.17, 15) is 0 Å². The maximum atomic E-state index is 4.46. The molecule has 2 nitrogen and oxygen atoms in total. The smallest absolute Gasteiger partial charge is 0.187 e. The minimum atomic E-state index is 0.405. The molecule has 0 aliphatic heterocycles. The van der Waals surface area contributed by atoms with E-state index in [4.69, 9.17) is 0 Å². The molecule has 0 saturated carbocycles. The van der Waals surface area contributed by atoms with Gasteiger partial charge in [0.05, 0.1) is 0 Å².